The molecule has 0 aliphatic heterocycles. The number of carbonyl (C=O) groups is 1. The third-order valence-electron chi connectivity index (χ3n) is 5.35. The molecule has 0 radical (unpaired) electrons. The van der Waals surface area contributed by atoms with Crippen LogP contribution in [0.15, 0.2) is 45.6 Å². The van der Waals surface area contributed by atoms with Crippen LogP contribution in [0.4, 0.5) is 0 Å². The zero-order valence-corrected chi connectivity index (χ0v) is 17.8. The molecule has 0 spiro atoms. The van der Waals surface area contributed by atoms with Gasteiger partial charge in [-0.15, -0.1) is 0 Å². The van der Waals surface area contributed by atoms with Gasteiger partial charge in [-0.05, 0) is 62.1 Å². The first kappa shape index (κ1) is 21.4. The number of carbonyl (C=O) groups excluding carboxylic acids is 1. The molecule has 1 heterocycles. The first-order valence-corrected chi connectivity index (χ1v) is 9.94. The van der Waals surface area contributed by atoms with E-state index in [9.17, 15) is 9.59 Å². The molecule has 1 N–H and O–H groups in total. The van der Waals surface area contributed by atoms with Crippen molar-refractivity contribution >= 4 is 16.9 Å². The number of fused-ring (bicyclic) bond motifs is 1. The van der Waals surface area contributed by atoms with Crippen LogP contribution < -0.4 is 20.4 Å². The second-order valence-electron chi connectivity index (χ2n) is 7.21. The number of methoxy groups -OCH3 is 2. The molecule has 1 aromatic heterocycles. The molecular weight excluding hydrogens is 382 g/mol. The number of hydrogen-bond acceptors (Lipinski definition) is 5. The molecular formula is C24H27NO5. The summed E-state index contributed by atoms with van der Waals surface area (Å²) < 4.78 is 16.1. The van der Waals surface area contributed by atoms with Crippen LogP contribution in [-0.4, -0.2) is 26.7 Å². The van der Waals surface area contributed by atoms with E-state index in [1.165, 1.54) is 0 Å². The first-order valence-electron chi connectivity index (χ1n) is 9.94. The summed E-state index contributed by atoms with van der Waals surface area (Å²) in [4.78, 5) is 24.8. The van der Waals surface area contributed by atoms with Gasteiger partial charge in [0.05, 0.1) is 14.2 Å². The van der Waals surface area contributed by atoms with Crippen LogP contribution in [0, 0.1) is 13.8 Å². The maximum absolute atomic E-state index is 12.5. The van der Waals surface area contributed by atoms with Gasteiger partial charge < -0.3 is 19.2 Å². The van der Waals surface area contributed by atoms with Gasteiger partial charge in [-0.3, -0.25) is 4.79 Å². The Bertz CT molecular complexity index is 1120. The highest BCUT2D eigenvalue weighted by atomic mass is 16.5. The fraction of sp³-hybridized carbons (Fsp3) is 0.333. The minimum atomic E-state index is -0.402. The third kappa shape index (κ3) is 4.64. The number of aryl methyl sites for hydroxylation is 2. The minimum absolute atomic E-state index is 0.0947. The van der Waals surface area contributed by atoms with Crippen molar-refractivity contribution in [3.05, 3.63) is 69.1 Å². The van der Waals surface area contributed by atoms with Gasteiger partial charge in [-0.25, -0.2) is 4.79 Å². The Hall–Kier alpha value is -3.28. The Kier molecular flexibility index (Phi) is 6.77. The molecule has 0 unspecified atom stereocenters. The van der Waals surface area contributed by atoms with E-state index in [2.05, 4.69) is 5.32 Å². The molecule has 0 bridgehead atoms. The highest BCUT2D eigenvalue weighted by Gasteiger charge is 2.16. The Morgan fingerprint density at radius 3 is 2.57 bits per heavy atom. The van der Waals surface area contributed by atoms with E-state index in [1.807, 2.05) is 50.2 Å². The van der Waals surface area contributed by atoms with Crippen LogP contribution in [0.2, 0.25) is 0 Å². The van der Waals surface area contributed by atoms with E-state index in [1.54, 1.807) is 14.2 Å². The Balaban J connectivity index is 1.63. The zero-order chi connectivity index (χ0) is 21.7. The lowest BCUT2D eigenvalue weighted by molar-refractivity contribution is -0.121. The normalized spacial score (nSPS) is 10.8. The highest BCUT2D eigenvalue weighted by molar-refractivity contribution is 5.85. The van der Waals surface area contributed by atoms with Crippen molar-refractivity contribution in [2.75, 3.05) is 20.8 Å². The minimum Gasteiger partial charge on any atom is -0.497 e. The standard InChI is InChI=1S/C24H27NO5/c1-15-19-8-10-21(29-4)16(2)23(19)30-24(27)20(15)9-11-22(26)25-13-12-17-6-5-7-18(14-17)28-3/h5-8,10,14H,9,11-13H2,1-4H3,(H,25,26). The van der Waals surface area contributed by atoms with Crippen LogP contribution in [0.5, 0.6) is 11.5 Å². The summed E-state index contributed by atoms with van der Waals surface area (Å²) in [6.45, 7) is 4.27. The molecule has 0 aliphatic rings. The largest absolute Gasteiger partial charge is 0.497 e. The summed E-state index contributed by atoms with van der Waals surface area (Å²) in [7, 11) is 3.21. The van der Waals surface area contributed by atoms with Gasteiger partial charge in [0.15, 0.2) is 0 Å². The molecule has 0 atom stereocenters. The van der Waals surface area contributed by atoms with Crippen LogP contribution in [0.1, 0.15) is 28.7 Å². The van der Waals surface area contributed by atoms with Gasteiger partial charge in [-0.1, -0.05) is 12.1 Å². The fourth-order valence-electron chi connectivity index (χ4n) is 3.58. The SMILES string of the molecule is COc1cccc(CCNC(=O)CCc2c(C)c3ccc(OC)c(C)c3oc2=O)c1. The van der Waals surface area contributed by atoms with Gasteiger partial charge in [0.25, 0.3) is 0 Å². The van der Waals surface area contributed by atoms with Crippen molar-refractivity contribution in [2.24, 2.45) is 0 Å². The van der Waals surface area contributed by atoms with E-state index < -0.39 is 5.63 Å². The van der Waals surface area contributed by atoms with Crippen molar-refractivity contribution in [1.82, 2.24) is 5.32 Å². The molecule has 0 saturated heterocycles. The monoisotopic (exact) mass is 409 g/mol. The van der Waals surface area contributed by atoms with Crippen molar-refractivity contribution < 1.29 is 18.7 Å². The Morgan fingerprint density at radius 1 is 1.03 bits per heavy atom. The highest BCUT2D eigenvalue weighted by Crippen LogP contribution is 2.29. The summed E-state index contributed by atoms with van der Waals surface area (Å²) in [5, 5.41) is 3.77. The Morgan fingerprint density at radius 2 is 1.83 bits per heavy atom. The number of ether oxygens (including phenoxy) is 2. The molecule has 158 valence electrons. The lowest BCUT2D eigenvalue weighted by Crippen LogP contribution is -2.26. The number of nitrogens with one attached hydrogen (secondary N) is 1. The first-order chi connectivity index (χ1) is 14.4. The van der Waals surface area contributed by atoms with Crippen molar-refractivity contribution in [2.45, 2.75) is 33.1 Å². The average Bonchev–Trinajstić information content (AvgIpc) is 2.74. The van der Waals surface area contributed by atoms with Crippen LogP contribution in [0.25, 0.3) is 11.0 Å². The van der Waals surface area contributed by atoms with Crippen molar-refractivity contribution in [3.63, 3.8) is 0 Å². The van der Waals surface area contributed by atoms with E-state index in [4.69, 9.17) is 13.9 Å². The number of hydrogen-bond donors (Lipinski definition) is 1. The van der Waals surface area contributed by atoms with Gasteiger partial charge in [0, 0.05) is 29.5 Å². The van der Waals surface area contributed by atoms with Gasteiger partial charge in [0.2, 0.25) is 5.91 Å². The maximum Gasteiger partial charge on any atom is 0.339 e. The predicted molar refractivity (Wildman–Crippen MR) is 117 cm³/mol. The lowest BCUT2D eigenvalue weighted by Gasteiger charge is -2.12. The molecule has 0 saturated carbocycles. The van der Waals surface area contributed by atoms with Crippen LogP contribution in [0.3, 0.4) is 0 Å². The summed E-state index contributed by atoms with van der Waals surface area (Å²) >= 11 is 0. The van der Waals surface area contributed by atoms with Gasteiger partial charge >= 0.3 is 5.63 Å². The second-order valence-corrected chi connectivity index (χ2v) is 7.21. The van der Waals surface area contributed by atoms with E-state index in [0.29, 0.717) is 36.3 Å². The zero-order valence-electron chi connectivity index (χ0n) is 17.8. The summed E-state index contributed by atoms with van der Waals surface area (Å²) in [6, 6.07) is 11.5. The summed E-state index contributed by atoms with van der Waals surface area (Å²) in [5.41, 5.74) is 3.39. The van der Waals surface area contributed by atoms with E-state index in [-0.39, 0.29) is 12.3 Å². The number of amides is 1. The summed E-state index contributed by atoms with van der Waals surface area (Å²) in [6.07, 6.45) is 1.27. The molecule has 2 aromatic carbocycles. The van der Waals surface area contributed by atoms with Crippen LogP contribution in [-0.2, 0) is 17.6 Å². The molecule has 3 aromatic rings. The molecule has 1 amide bonds. The number of rotatable bonds is 8. The van der Waals surface area contributed by atoms with Crippen molar-refractivity contribution in [1.29, 1.82) is 0 Å². The fourth-order valence-corrected chi connectivity index (χ4v) is 3.58. The third-order valence-corrected chi connectivity index (χ3v) is 5.35. The predicted octanol–water partition coefficient (Wildman–Crippen LogP) is 3.72. The van der Waals surface area contributed by atoms with E-state index >= 15 is 0 Å². The quantitative estimate of drug-likeness (QED) is 0.574. The van der Waals surface area contributed by atoms with Gasteiger partial charge in [0.1, 0.15) is 17.1 Å². The second kappa shape index (κ2) is 9.48. The average molecular weight is 409 g/mol. The molecule has 0 fully saturated rings. The molecule has 3 rings (SSSR count). The molecule has 0 aliphatic carbocycles. The van der Waals surface area contributed by atoms with E-state index in [0.717, 1.165) is 27.8 Å². The lowest BCUT2D eigenvalue weighted by atomic mass is 10.00. The smallest absolute Gasteiger partial charge is 0.339 e. The molecule has 6 heteroatoms. The molecule has 30 heavy (non-hydrogen) atoms. The van der Waals surface area contributed by atoms with Crippen molar-refractivity contribution in [3.8, 4) is 11.5 Å². The molecule has 6 nitrogen and oxygen atoms in total. The number of benzene rings is 2. The van der Waals surface area contributed by atoms with Crippen LogP contribution >= 0.6 is 0 Å². The summed E-state index contributed by atoms with van der Waals surface area (Å²) in [5.74, 6) is 1.38. The van der Waals surface area contributed by atoms with Gasteiger partial charge in [-0.2, -0.15) is 0 Å². The Labute approximate surface area is 175 Å². The maximum atomic E-state index is 12.5. The topological polar surface area (TPSA) is 77.8 Å².